The number of hydrogen-bond acceptors (Lipinski definition) is 6. The van der Waals surface area contributed by atoms with E-state index in [0.29, 0.717) is 71.0 Å². The summed E-state index contributed by atoms with van der Waals surface area (Å²) in [5, 5.41) is 27.0. The Hall–Kier alpha value is -3.93. The molecule has 0 unspecified atom stereocenters. The maximum absolute atomic E-state index is 6.19. The van der Waals surface area contributed by atoms with E-state index in [1.807, 2.05) is 0 Å². The van der Waals surface area contributed by atoms with E-state index in [0.717, 1.165) is 0 Å². The van der Waals surface area contributed by atoms with Crippen molar-refractivity contribution in [3.63, 3.8) is 0 Å². The van der Waals surface area contributed by atoms with Gasteiger partial charge in [-0.2, -0.15) is 15.3 Å². The van der Waals surface area contributed by atoms with Gasteiger partial charge in [-0.05, 0) is 175 Å². The Labute approximate surface area is 429 Å². The summed E-state index contributed by atoms with van der Waals surface area (Å²) in [6.07, 6.45) is 15.7. The molecule has 0 radical (unpaired) electrons. The number of hydrazone groups is 3. The molecule has 0 N–H and O–H groups in total. The fourth-order valence-electron chi connectivity index (χ4n) is 29.3. The van der Waals surface area contributed by atoms with E-state index in [9.17, 15) is 0 Å². The van der Waals surface area contributed by atoms with Gasteiger partial charge in [0.15, 0.2) is 0 Å². The van der Waals surface area contributed by atoms with E-state index in [1.54, 1.807) is 33.4 Å². The largest absolute Gasteiger partial charge is 0.248 e. The summed E-state index contributed by atoms with van der Waals surface area (Å²) in [5.74, 6) is 6.93. The van der Waals surface area contributed by atoms with Crippen LogP contribution in [-0.4, -0.2) is 52.2 Å². The second-order valence-corrected chi connectivity index (χ2v) is 31.3. The third-order valence-corrected chi connectivity index (χ3v) is 32.6. The molecule has 16 aliphatic rings. The Morgan fingerprint density at radius 3 is 0.722 bits per heavy atom. The smallest absolute Gasteiger partial charge is 0.145 e. The van der Waals surface area contributed by atoms with Crippen molar-refractivity contribution in [2.24, 2.45) is 116 Å². The number of hydrogen-bond donors (Lipinski definition) is 0. The lowest BCUT2D eigenvalue weighted by Crippen LogP contribution is -2.85. The third-order valence-electron chi connectivity index (χ3n) is 32.6. The normalized spacial score (nSPS) is 62.7. The number of fused-ring (bicyclic) bond motifs is 54. The van der Waals surface area contributed by atoms with Crippen LogP contribution in [0.15, 0.2) is 88.1 Å². The molecule has 10 fully saturated rings. The Morgan fingerprint density at radius 1 is 0.292 bits per heavy atom. The molecule has 72 heavy (non-hydrogen) atoms. The maximum atomic E-state index is 6.19. The van der Waals surface area contributed by atoms with Crippen LogP contribution >= 0.6 is 0 Å². The van der Waals surface area contributed by atoms with E-state index in [1.165, 1.54) is 38.5 Å². The van der Waals surface area contributed by atoms with Crippen LogP contribution in [0, 0.1) is 100 Å². The van der Waals surface area contributed by atoms with Crippen molar-refractivity contribution in [2.75, 3.05) is 0 Å². The first-order chi connectivity index (χ1) is 34.2. The van der Waals surface area contributed by atoms with Crippen LogP contribution in [0.5, 0.6) is 0 Å². The molecule has 3 aromatic carbocycles. The number of rotatable bonds is 0. The molecule has 3 aromatic rings. The van der Waals surface area contributed by atoms with Crippen molar-refractivity contribution in [1.29, 1.82) is 0 Å². The van der Waals surface area contributed by atoms with Crippen LogP contribution in [0.3, 0.4) is 0 Å². The zero-order chi connectivity index (χ0) is 48.8. The molecule has 12 bridgehead atoms. The lowest BCUT2D eigenvalue weighted by atomic mass is 9.37. The van der Waals surface area contributed by atoms with Gasteiger partial charge in [-0.25, -0.2) is 15.0 Å². The first-order valence-electron chi connectivity index (χ1n) is 29.5. The van der Waals surface area contributed by atoms with Gasteiger partial charge in [0.25, 0.3) is 0 Å². The van der Waals surface area contributed by atoms with Crippen molar-refractivity contribution in [2.45, 2.75) is 176 Å². The molecule has 0 amide bonds. The molecule has 372 valence electrons. The summed E-state index contributed by atoms with van der Waals surface area (Å²) in [6.45, 7) is 33.5. The highest BCUT2D eigenvalue weighted by atomic mass is 15.8. The van der Waals surface area contributed by atoms with Gasteiger partial charge in [-0.1, -0.05) is 156 Å². The topological polar surface area (TPSA) is 46.8 Å². The summed E-state index contributed by atoms with van der Waals surface area (Å²) in [7, 11) is 0. The summed E-state index contributed by atoms with van der Waals surface area (Å²) in [5.41, 5.74) is 10.7. The molecule has 24 atom stereocenters. The summed E-state index contributed by atoms with van der Waals surface area (Å²) in [6, 6.07) is 29.2. The van der Waals surface area contributed by atoms with Gasteiger partial charge in [0.1, 0.15) is 18.5 Å². The van der Waals surface area contributed by atoms with Crippen molar-refractivity contribution >= 4 is 18.6 Å². The molecular formula is C66H78N6. The van der Waals surface area contributed by atoms with Gasteiger partial charge >= 0.3 is 0 Å². The molecular weight excluding hydrogens is 877 g/mol. The highest BCUT2D eigenvalue weighted by Gasteiger charge is 2.92. The fourth-order valence-corrected chi connectivity index (χ4v) is 29.3. The van der Waals surface area contributed by atoms with Crippen LogP contribution in [-0.2, 0) is 0 Å². The molecule has 4 heterocycles. The number of nitrogens with zero attached hydrogens (tertiary/aromatic N) is 6. The Balaban J connectivity index is 0.851. The minimum absolute atomic E-state index is 0.0228. The van der Waals surface area contributed by atoms with Crippen molar-refractivity contribution < 1.29 is 0 Å². The van der Waals surface area contributed by atoms with Crippen molar-refractivity contribution in [3.05, 3.63) is 106 Å². The van der Waals surface area contributed by atoms with E-state index in [-0.39, 0.29) is 83.5 Å². The lowest BCUT2D eigenvalue weighted by Gasteiger charge is -2.77. The Kier molecular flexibility index (Phi) is 6.24. The van der Waals surface area contributed by atoms with Gasteiger partial charge in [0.2, 0.25) is 0 Å². The van der Waals surface area contributed by atoms with Crippen molar-refractivity contribution in [3.8, 4) is 0 Å². The molecule has 9 saturated carbocycles. The van der Waals surface area contributed by atoms with Gasteiger partial charge in [0, 0.05) is 51.1 Å². The van der Waals surface area contributed by atoms with E-state index < -0.39 is 0 Å². The minimum Gasteiger partial charge on any atom is -0.248 e. The van der Waals surface area contributed by atoms with Crippen LogP contribution in [0.25, 0.3) is 0 Å². The molecule has 19 rings (SSSR count). The molecule has 6 heteroatoms. The van der Waals surface area contributed by atoms with Gasteiger partial charge in [0.05, 0.1) is 0 Å². The molecule has 12 aliphatic carbocycles. The van der Waals surface area contributed by atoms with Crippen LogP contribution in [0.2, 0.25) is 0 Å². The summed E-state index contributed by atoms with van der Waals surface area (Å²) < 4.78 is 0. The Bertz CT molecular complexity index is 2900. The number of benzene rings is 3. The minimum atomic E-state index is -0.102. The zero-order valence-electron chi connectivity index (χ0n) is 45.2. The molecule has 1 saturated heterocycles. The average molecular weight is 955 g/mol. The molecule has 0 aromatic heterocycles. The Morgan fingerprint density at radius 2 is 0.500 bits per heavy atom. The maximum Gasteiger partial charge on any atom is 0.145 e. The first kappa shape index (κ1) is 41.3. The second-order valence-electron chi connectivity index (χ2n) is 31.3. The second kappa shape index (κ2) is 10.9. The lowest BCUT2D eigenvalue weighted by molar-refractivity contribution is -0.336. The predicted molar refractivity (Wildman–Crippen MR) is 284 cm³/mol. The monoisotopic (exact) mass is 955 g/mol. The van der Waals surface area contributed by atoms with E-state index >= 15 is 0 Å². The van der Waals surface area contributed by atoms with Crippen LogP contribution < -0.4 is 0 Å². The van der Waals surface area contributed by atoms with Crippen LogP contribution in [0.1, 0.15) is 190 Å². The summed E-state index contributed by atoms with van der Waals surface area (Å²) >= 11 is 0. The fraction of sp³-hybridized carbons (Fsp3) is 0.682. The standard InChI is InChI=1S/C66H78N6/c1-55-31-67-70-52(64(55,10)49-28-46(55)58(4)40-25-43(61(49,58)7)37-22-16-13-19-34(37)40)71-54(66(12)51-30-47(56(66,2)32-68-71)59(5)41-27-45(63(51,59)9)39-24-18-15-21-36(39)41)72-53(70)65(11)50-29-48(57(65,3)33-69-72)60(6)42-26-44(62(50,60)8)38-23-17-14-20-35(38)42/h13-24,31-33,40-54H,25-30H2,1-12H3/t40-,41-,42-,43+,44+,45+,46+,47+,48+,49+,50+,51+,52?,53?,54?,55-,56-,57-,58-,59-,60-,61+,62+,63+,64-,65-,66-/m1/s1. The van der Waals surface area contributed by atoms with Gasteiger partial charge in [-0.15, -0.1) is 0 Å². The third kappa shape index (κ3) is 3.13. The highest BCUT2D eigenvalue weighted by molar-refractivity contribution is 5.76. The zero-order valence-corrected chi connectivity index (χ0v) is 45.2. The predicted octanol–water partition coefficient (Wildman–Crippen LogP) is 13.8. The quantitative estimate of drug-likeness (QED) is 0.211. The van der Waals surface area contributed by atoms with E-state index in [2.05, 4.69) is 190 Å². The highest BCUT2D eigenvalue weighted by Crippen LogP contribution is 2.95. The van der Waals surface area contributed by atoms with E-state index in [4.69, 9.17) is 15.3 Å². The molecule has 0 spiro atoms. The first-order valence-corrected chi connectivity index (χ1v) is 29.5. The summed E-state index contributed by atoms with van der Waals surface area (Å²) in [4.78, 5) is 0. The SMILES string of the molecule is C[C@@]12[C@H]3C[C@H](c4ccccc43)[C@]1(C)[C@H]1C[C@@H]2[C@]2(C)C3N(N=C[C@]12C)C1N(N=C[C@]2(C)[C@@H]4C[C@@H]([C@]5(C)[C@H]6C[C@H](c7ccccc76)[C@]45C)[C@]12C)C1N3N=C[C@]2(C)[C@@H]3C[C@@H]([C@]4(C)[C@H]5C[C@H](c6ccccc65)[C@]34C)[C@]12C. The van der Waals surface area contributed by atoms with Crippen LogP contribution in [0.4, 0.5) is 0 Å². The molecule has 6 nitrogen and oxygen atoms in total. The average Bonchev–Trinajstić information content (AvgIpc) is 4.27. The van der Waals surface area contributed by atoms with Gasteiger partial charge < -0.3 is 0 Å². The molecule has 4 aliphatic heterocycles. The van der Waals surface area contributed by atoms with Crippen molar-refractivity contribution in [1.82, 2.24) is 15.0 Å². The van der Waals surface area contributed by atoms with Gasteiger partial charge in [-0.3, -0.25) is 0 Å².